The molecule has 1 unspecified atom stereocenters. The Morgan fingerprint density at radius 3 is 2.61 bits per heavy atom. The number of hydrogen-bond donors (Lipinski definition) is 1. The van der Waals surface area contributed by atoms with Crippen LogP contribution in [0.5, 0.6) is 5.75 Å². The largest absolute Gasteiger partial charge is 0.486 e. The highest BCUT2D eigenvalue weighted by molar-refractivity contribution is 6.30. The Morgan fingerprint density at radius 2 is 2.04 bits per heavy atom. The van der Waals surface area contributed by atoms with Crippen LogP contribution in [0.2, 0.25) is 5.15 Å². The molecule has 0 bridgehead atoms. The molecule has 2 heterocycles. The third-order valence-corrected chi connectivity index (χ3v) is 4.11. The molecule has 0 spiro atoms. The van der Waals surface area contributed by atoms with E-state index in [1.807, 2.05) is 13.8 Å². The zero-order chi connectivity index (χ0) is 20.9. The van der Waals surface area contributed by atoms with E-state index in [-0.39, 0.29) is 29.1 Å². The summed E-state index contributed by atoms with van der Waals surface area (Å²) in [4.78, 5) is 19.0. The van der Waals surface area contributed by atoms with Gasteiger partial charge in [0.15, 0.2) is 10.9 Å². The van der Waals surface area contributed by atoms with E-state index < -0.39 is 18.1 Å². The van der Waals surface area contributed by atoms with Crippen molar-refractivity contribution in [2.75, 3.05) is 6.61 Å². The molecule has 2 aromatic rings. The minimum absolute atomic E-state index is 0.0274. The van der Waals surface area contributed by atoms with E-state index >= 15 is 0 Å². The first-order chi connectivity index (χ1) is 13.1. The summed E-state index contributed by atoms with van der Waals surface area (Å²) in [5.41, 5.74) is 4.74. The first-order valence-corrected chi connectivity index (χ1v) is 9.00. The number of nitrogens with two attached hydrogens (primary N) is 1. The third-order valence-electron chi connectivity index (χ3n) is 3.83. The Hall–Kier alpha value is -2.48. The molecular weight excluding hydrogens is 392 g/mol. The highest BCUT2D eigenvalue weighted by atomic mass is 35.5. The molecule has 0 aliphatic heterocycles. The average molecular weight is 414 g/mol. The predicted octanol–water partition coefficient (Wildman–Crippen LogP) is 5.01. The molecule has 0 aliphatic rings. The summed E-state index contributed by atoms with van der Waals surface area (Å²) in [7, 11) is 0. The summed E-state index contributed by atoms with van der Waals surface area (Å²) in [5, 5.41) is 0.0545. The van der Waals surface area contributed by atoms with Crippen molar-refractivity contribution in [2.45, 2.75) is 39.2 Å². The van der Waals surface area contributed by atoms with Gasteiger partial charge >= 0.3 is 6.09 Å². The van der Waals surface area contributed by atoms with Gasteiger partial charge in [0.05, 0.1) is 5.69 Å². The molecule has 6 nitrogen and oxygen atoms in total. The Bertz CT molecular complexity index is 836. The number of rotatable bonds is 8. The quantitative estimate of drug-likeness (QED) is 0.614. The van der Waals surface area contributed by atoms with Gasteiger partial charge in [-0.05, 0) is 43.5 Å². The topological polar surface area (TPSA) is 87.3 Å². The van der Waals surface area contributed by atoms with E-state index in [0.717, 1.165) is 0 Å². The van der Waals surface area contributed by atoms with Gasteiger partial charge in [-0.25, -0.2) is 18.6 Å². The Kier molecular flexibility index (Phi) is 7.12. The van der Waals surface area contributed by atoms with E-state index in [0.29, 0.717) is 17.7 Å². The maximum atomic E-state index is 12.8. The molecule has 1 atom stereocenters. The summed E-state index contributed by atoms with van der Waals surface area (Å²) >= 11 is 6.19. The van der Waals surface area contributed by atoms with E-state index in [9.17, 15) is 13.6 Å². The number of halogens is 3. The molecule has 28 heavy (non-hydrogen) atoms. The van der Waals surface area contributed by atoms with Gasteiger partial charge in [0.1, 0.15) is 17.9 Å². The van der Waals surface area contributed by atoms with Crippen molar-refractivity contribution in [2.24, 2.45) is 11.7 Å². The fourth-order valence-electron chi connectivity index (χ4n) is 2.88. The molecule has 0 radical (unpaired) electrons. The fourth-order valence-corrected chi connectivity index (χ4v) is 3.09. The van der Waals surface area contributed by atoms with Gasteiger partial charge in [0.25, 0.3) is 6.43 Å². The monoisotopic (exact) mass is 413 g/mol. The highest BCUT2D eigenvalue weighted by Gasteiger charge is 2.31. The fraction of sp³-hybridized carbons (Fsp3) is 0.421. The third kappa shape index (κ3) is 6.02. The number of nitrogens with zero attached hydrogens (tertiary/aromatic N) is 2. The van der Waals surface area contributed by atoms with Crippen LogP contribution in [-0.4, -0.2) is 28.3 Å². The summed E-state index contributed by atoms with van der Waals surface area (Å²) in [6.45, 7) is 5.71. The van der Waals surface area contributed by atoms with Crippen LogP contribution in [0.4, 0.5) is 13.6 Å². The van der Waals surface area contributed by atoms with Crippen molar-refractivity contribution in [3.63, 3.8) is 0 Å². The van der Waals surface area contributed by atoms with E-state index in [4.69, 9.17) is 26.8 Å². The van der Waals surface area contributed by atoms with Gasteiger partial charge in [-0.15, -0.1) is 0 Å². The number of carbonyl (C=O) groups is 1. The number of pyridine rings is 2. The standard InChI is InChI=1S/C19H22ClF2N3O3/c1-11(2)9-19(3,28-18(23)26)10-27-15-5-4-13(25-16(15)20)12-6-7-24-14(8-12)17(21)22/h4-8,11,17H,9-10H2,1-3H3,(H2,23,26). The molecule has 152 valence electrons. The van der Waals surface area contributed by atoms with Crippen LogP contribution in [0.25, 0.3) is 11.3 Å². The lowest BCUT2D eigenvalue weighted by Gasteiger charge is -2.30. The SMILES string of the molecule is CC(C)CC(C)(COc1ccc(-c2ccnc(C(F)F)c2)nc1Cl)OC(N)=O. The minimum Gasteiger partial charge on any atom is -0.486 e. The van der Waals surface area contributed by atoms with Crippen LogP contribution in [0.15, 0.2) is 30.5 Å². The summed E-state index contributed by atoms with van der Waals surface area (Å²) in [6, 6.07) is 5.99. The van der Waals surface area contributed by atoms with E-state index in [1.165, 1.54) is 12.3 Å². The minimum atomic E-state index is -2.68. The second-order valence-corrected chi connectivity index (χ2v) is 7.37. The van der Waals surface area contributed by atoms with Crippen molar-refractivity contribution < 1.29 is 23.0 Å². The molecule has 9 heteroatoms. The van der Waals surface area contributed by atoms with Crippen LogP contribution < -0.4 is 10.5 Å². The van der Waals surface area contributed by atoms with Crippen molar-refractivity contribution in [1.29, 1.82) is 0 Å². The molecule has 0 saturated heterocycles. The predicted molar refractivity (Wildman–Crippen MR) is 101 cm³/mol. The van der Waals surface area contributed by atoms with Crippen molar-refractivity contribution >= 4 is 17.7 Å². The molecular formula is C19H22ClF2N3O3. The van der Waals surface area contributed by atoms with Gasteiger partial charge < -0.3 is 15.2 Å². The molecule has 0 aliphatic carbocycles. The Morgan fingerprint density at radius 1 is 1.32 bits per heavy atom. The number of carbonyl (C=O) groups excluding carboxylic acids is 1. The number of primary amides is 1. The van der Waals surface area contributed by atoms with E-state index in [1.54, 1.807) is 25.1 Å². The normalized spacial score (nSPS) is 13.4. The molecule has 0 aromatic carbocycles. The van der Waals surface area contributed by atoms with Crippen molar-refractivity contribution in [3.8, 4) is 17.0 Å². The molecule has 1 amide bonds. The lowest BCUT2D eigenvalue weighted by Crippen LogP contribution is -2.41. The summed E-state index contributed by atoms with van der Waals surface area (Å²) in [5.74, 6) is 0.510. The van der Waals surface area contributed by atoms with Crippen LogP contribution in [0.1, 0.15) is 39.3 Å². The highest BCUT2D eigenvalue weighted by Crippen LogP contribution is 2.30. The van der Waals surface area contributed by atoms with Gasteiger partial charge in [-0.3, -0.25) is 4.98 Å². The average Bonchev–Trinajstić information content (AvgIpc) is 2.59. The second kappa shape index (κ2) is 9.14. The first kappa shape index (κ1) is 21.8. The van der Waals surface area contributed by atoms with Gasteiger partial charge in [0, 0.05) is 11.8 Å². The first-order valence-electron chi connectivity index (χ1n) is 8.62. The second-order valence-electron chi connectivity index (χ2n) is 7.01. The maximum absolute atomic E-state index is 12.8. The van der Waals surface area contributed by atoms with Crippen LogP contribution in [0, 0.1) is 5.92 Å². The zero-order valence-electron chi connectivity index (χ0n) is 15.8. The Balaban J connectivity index is 2.18. The van der Waals surface area contributed by atoms with Gasteiger partial charge in [-0.1, -0.05) is 25.4 Å². The number of ether oxygens (including phenoxy) is 2. The molecule has 2 aromatic heterocycles. The zero-order valence-corrected chi connectivity index (χ0v) is 16.5. The van der Waals surface area contributed by atoms with Gasteiger partial charge in [-0.2, -0.15) is 0 Å². The Labute approximate surface area is 167 Å². The van der Waals surface area contributed by atoms with Crippen molar-refractivity contribution in [3.05, 3.63) is 41.3 Å². The van der Waals surface area contributed by atoms with E-state index in [2.05, 4.69) is 9.97 Å². The number of alkyl halides is 2. The van der Waals surface area contributed by atoms with Gasteiger partial charge in [0.2, 0.25) is 0 Å². The van der Waals surface area contributed by atoms with Crippen LogP contribution in [0.3, 0.4) is 0 Å². The maximum Gasteiger partial charge on any atom is 0.405 e. The molecule has 2 rings (SSSR count). The number of aromatic nitrogens is 2. The number of hydrogen-bond acceptors (Lipinski definition) is 5. The number of amides is 1. The molecule has 2 N–H and O–H groups in total. The lowest BCUT2D eigenvalue weighted by molar-refractivity contribution is -0.0186. The smallest absolute Gasteiger partial charge is 0.405 e. The summed E-state index contributed by atoms with van der Waals surface area (Å²) < 4.78 is 36.6. The molecule has 0 saturated carbocycles. The lowest BCUT2D eigenvalue weighted by atomic mass is 9.95. The molecule has 0 fully saturated rings. The van der Waals surface area contributed by atoms with Crippen LogP contribution in [-0.2, 0) is 4.74 Å². The van der Waals surface area contributed by atoms with Crippen molar-refractivity contribution in [1.82, 2.24) is 9.97 Å². The summed E-state index contributed by atoms with van der Waals surface area (Å²) in [6.07, 6.45) is -1.75. The van der Waals surface area contributed by atoms with Crippen LogP contribution >= 0.6 is 11.6 Å².